The lowest BCUT2D eigenvalue weighted by atomic mass is 10.0. The lowest BCUT2D eigenvalue weighted by molar-refractivity contribution is 0.464. The fourth-order valence-electron chi connectivity index (χ4n) is 1.64. The van der Waals surface area contributed by atoms with Crippen molar-refractivity contribution < 1.29 is 5.11 Å². The van der Waals surface area contributed by atoms with Crippen LogP contribution in [0.1, 0.15) is 37.0 Å². The van der Waals surface area contributed by atoms with E-state index in [1.807, 2.05) is 6.92 Å². The summed E-state index contributed by atoms with van der Waals surface area (Å²) < 4.78 is 0. The van der Waals surface area contributed by atoms with Crippen LogP contribution in [0.15, 0.2) is 12.1 Å². The SMILES string of the molecule is CCCc1cc(C)c(O)c(CC)c1. The zero-order valence-corrected chi connectivity index (χ0v) is 8.72. The number of rotatable bonds is 3. The first-order valence-corrected chi connectivity index (χ1v) is 5.00. The van der Waals surface area contributed by atoms with Gasteiger partial charge >= 0.3 is 0 Å². The predicted molar refractivity (Wildman–Crippen MR) is 56.2 cm³/mol. The summed E-state index contributed by atoms with van der Waals surface area (Å²) in [5.74, 6) is 0.474. The third-order valence-corrected chi connectivity index (χ3v) is 2.36. The van der Waals surface area contributed by atoms with Crippen molar-refractivity contribution in [3.8, 4) is 5.75 Å². The molecule has 0 saturated heterocycles. The Kier molecular flexibility index (Phi) is 3.35. The Balaban J connectivity index is 3.06. The maximum absolute atomic E-state index is 9.69. The maximum atomic E-state index is 9.69. The molecule has 0 heterocycles. The van der Waals surface area contributed by atoms with Gasteiger partial charge in [0.2, 0.25) is 0 Å². The second kappa shape index (κ2) is 4.31. The largest absolute Gasteiger partial charge is 0.507 e. The topological polar surface area (TPSA) is 20.2 Å². The fourth-order valence-corrected chi connectivity index (χ4v) is 1.64. The number of hydrogen-bond donors (Lipinski definition) is 1. The normalized spacial score (nSPS) is 10.4. The van der Waals surface area contributed by atoms with Gasteiger partial charge in [-0.25, -0.2) is 0 Å². The summed E-state index contributed by atoms with van der Waals surface area (Å²) in [6.07, 6.45) is 3.17. The molecule has 1 N–H and O–H groups in total. The molecule has 13 heavy (non-hydrogen) atoms. The predicted octanol–water partition coefficient (Wildman–Crippen LogP) is 3.22. The van der Waals surface area contributed by atoms with Gasteiger partial charge in [-0.3, -0.25) is 0 Å². The third-order valence-electron chi connectivity index (χ3n) is 2.36. The molecule has 1 rings (SSSR count). The van der Waals surface area contributed by atoms with E-state index in [2.05, 4.69) is 26.0 Å². The van der Waals surface area contributed by atoms with Gasteiger partial charge in [-0.15, -0.1) is 0 Å². The van der Waals surface area contributed by atoms with Crippen LogP contribution in [0.5, 0.6) is 5.75 Å². The lowest BCUT2D eigenvalue weighted by Gasteiger charge is -2.08. The number of phenolic OH excluding ortho intramolecular Hbond substituents is 1. The van der Waals surface area contributed by atoms with Crippen LogP contribution in [0, 0.1) is 6.92 Å². The van der Waals surface area contributed by atoms with E-state index in [0.717, 1.165) is 30.4 Å². The number of phenols is 1. The highest BCUT2D eigenvalue weighted by Gasteiger charge is 2.04. The van der Waals surface area contributed by atoms with Gasteiger partial charge < -0.3 is 5.11 Å². The van der Waals surface area contributed by atoms with Crippen LogP contribution in [-0.2, 0) is 12.8 Å². The zero-order valence-electron chi connectivity index (χ0n) is 8.72. The molecule has 0 aromatic heterocycles. The summed E-state index contributed by atoms with van der Waals surface area (Å²) in [4.78, 5) is 0. The minimum absolute atomic E-state index is 0.474. The monoisotopic (exact) mass is 178 g/mol. The third kappa shape index (κ3) is 2.24. The summed E-state index contributed by atoms with van der Waals surface area (Å²) >= 11 is 0. The molecule has 72 valence electrons. The van der Waals surface area contributed by atoms with Gasteiger partial charge in [-0.1, -0.05) is 32.4 Å². The Labute approximate surface area is 80.4 Å². The van der Waals surface area contributed by atoms with Crippen molar-refractivity contribution in [1.29, 1.82) is 0 Å². The molecule has 1 aromatic rings. The Morgan fingerprint density at radius 1 is 1.23 bits per heavy atom. The van der Waals surface area contributed by atoms with Crippen LogP contribution in [0.3, 0.4) is 0 Å². The van der Waals surface area contributed by atoms with Crippen molar-refractivity contribution in [2.24, 2.45) is 0 Å². The molecule has 0 unspecified atom stereocenters. The number of hydrogen-bond acceptors (Lipinski definition) is 1. The van der Waals surface area contributed by atoms with Crippen LogP contribution in [0.2, 0.25) is 0 Å². The van der Waals surface area contributed by atoms with Crippen molar-refractivity contribution in [2.75, 3.05) is 0 Å². The summed E-state index contributed by atoms with van der Waals surface area (Å²) in [5.41, 5.74) is 3.42. The molecule has 0 aliphatic rings. The minimum atomic E-state index is 0.474. The van der Waals surface area contributed by atoms with E-state index >= 15 is 0 Å². The Morgan fingerprint density at radius 3 is 2.46 bits per heavy atom. The quantitative estimate of drug-likeness (QED) is 0.753. The summed E-state index contributed by atoms with van der Waals surface area (Å²) in [7, 11) is 0. The van der Waals surface area contributed by atoms with Gasteiger partial charge in [0.05, 0.1) is 0 Å². The maximum Gasteiger partial charge on any atom is 0.121 e. The molecule has 0 atom stereocenters. The van der Waals surface area contributed by atoms with Gasteiger partial charge in [-0.2, -0.15) is 0 Å². The molecule has 0 aliphatic carbocycles. The standard InChI is InChI=1S/C12H18O/c1-4-6-10-7-9(3)12(13)11(5-2)8-10/h7-8,13H,4-6H2,1-3H3. The molecule has 0 amide bonds. The van der Waals surface area contributed by atoms with Crippen LogP contribution >= 0.6 is 0 Å². The van der Waals surface area contributed by atoms with Crippen molar-refractivity contribution >= 4 is 0 Å². The summed E-state index contributed by atoms with van der Waals surface area (Å²) in [6.45, 7) is 6.21. The van der Waals surface area contributed by atoms with E-state index < -0.39 is 0 Å². The highest BCUT2D eigenvalue weighted by atomic mass is 16.3. The number of aromatic hydroxyl groups is 1. The van der Waals surface area contributed by atoms with Crippen LogP contribution in [0.4, 0.5) is 0 Å². The zero-order chi connectivity index (χ0) is 9.84. The first kappa shape index (κ1) is 10.1. The van der Waals surface area contributed by atoms with E-state index in [1.165, 1.54) is 5.56 Å². The molecule has 0 spiro atoms. The van der Waals surface area contributed by atoms with E-state index in [-0.39, 0.29) is 0 Å². The minimum Gasteiger partial charge on any atom is -0.507 e. The highest BCUT2D eigenvalue weighted by Crippen LogP contribution is 2.24. The number of aryl methyl sites for hydroxylation is 3. The van der Waals surface area contributed by atoms with Crippen molar-refractivity contribution in [1.82, 2.24) is 0 Å². The average molecular weight is 178 g/mol. The van der Waals surface area contributed by atoms with E-state index in [9.17, 15) is 5.11 Å². The van der Waals surface area contributed by atoms with Gasteiger partial charge in [0.25, 0.3) is 0 Å². The first-order chi connectivity index (χ1) is 6.19. The molecule has 0 radical (unpaired) electrons. The lowest BCUT2D eigenvalue weighted by Crippen LogP contribution is -1.91. The van der Waals surface area contributed by atoms with Gasteiger partial charge in [0, 0.05) is 0 Å². The Bertz CT molecular complexity index is 289. The molecule has 1 aromatic carbocycles. The Hall–Kier alpha value is -0.980. The fraction of sp³-hybridized carbons (Fsp3) is 0.500. The molecule has 1 nitrogen and oxygen atoms in total. The smallest absolute Gasteiger partial charge is 0.121 e. The molecule has 0 saturated carbocycles. The Morgan fingerprint density at radius 2 is 1.92 bits per heavy atom. The van der Waals surface area contributed by atoms with Gasteiger partial charge in [0.15, 0.2) is 0 Å². The van der Waals surface area contributed by atoms with Gasteiger partial charge in [0.1, 0.15) is 5.75 Å². The molecular formula is C12H18O. The highest BCUT2D eigenvalue weighted by molar-refractivity contribution is 5.43. The second-order valence-electron chi connectivity index (χ2n) is 3.52. The summed E-state index contributed by atoms with van der Waals surface area (Å²) in [5, 5.41) is 9.69. The van der Waals surface area contributed by atoms with Crippen molar-refractivity contribution in [3.63, 3.8) is 0 Å². The molecule has 0 aliphatic heterocycles. The molecule has 0 fully saturated rings. The van der Waals surface area contributed by atoms with Crippen LogP contribution in [0.25, 0.3) is 0 Å². The van der Waals surface area contributed by atoms with E-state index in [4.69, 9.17) is 0 Å². The van der Waals surface area contributed by atoms with Crippen LogP contribution in [-0.4, -0.2) is 5.11 Å². The average Bonchev–Trinajstić information content (AvgIpc) is 2.11. The molecular weight excluding hydrogens is 160 g/mol. The molecule has 0 bridgehead atoms. The van der Waals surface area contributed by atoms with Crippen molar-refractivity contribution in [3.05, 3.63) is 28.8 Å². The first-order valence-electron chi connectivity index (χ1n) is 5.00. The second-order valence-corrected chi connectivity index (χ2v) is 3.52. The van der Waals surface area contributed by atoms with Crippen LogP contribution < -0.4 is 0 Å². The van der Waals surface area contributed by atoms with E-state index in [1.54, 1.807) is 0 Å². The number of benzene rings is 1. The summed E-state index contributed by atoms with van der Waals surface area (Å²) in [6, 6.07) is 4.20. The van der Waals surface area contributed by atoms with Crippen molar-refractivity contribution in [2.45, 2.75) is 40.0 Å². The molecule has 1 heteroatoms. The van der Waals surface area contributed by atoms with E-state index in [0.29, 0.717) is 5.75 Å². The van der Waals surface area contributed by atoms with Gasteiger partial charge in [-0.05, 0) is 36.5 Å².